The Labute approximate surface area is 95.9 Å². The lowest BCUT2D eigenvalue weighted by molar-refractivity contribution is 0.576. The van der Waals surface area contributed by atoms with E-state index in [0.29, 0.717) is 31.9 Å². The highest BCUT2D eigenvalue weighted by Gasteiger charge is 2.17. The third-order valence-corrected chi connectivity index (χ3v) is 3.57. The number of nitrogens with one attached hydrogen (secondary N) is 1. The summed E-state index contributed by atoms with van der Waals surface area (Å²) in [6.45, 7) is 5.23. The Morgan fingerprint density at radius 3 is 2.75 bits per heavy atom. The van der Waals surface area contributed by atoms with Crippen LogP contribution in [-0.2, 0) is 16.6 Å². The van der Waals surface area contributed by atoms with Crippen molar-refractivity contribution in [2.45, 2.75) is 31.8 Å². The molecule has 6 nitrogen and oxygen atoms in total. The molecule has 0 aliphatic carbocycles. The van der Waals surface area contributed by atoms with Crippen LogP contribution in [0.5, 0.6) is 0 Å². The van der Waals surface area contributed by atoms with Gasteiger partial charge < -0.3 is 10.3 Å². The number of sulfonamides is 1. The third kappa shape index (κ3) is 3.03. The Bertz CT molecular complexity index is 438. The van der Waals surface area contributed by atoms with Crippen molar-refractivity contribution in [2.24, 2.45) is 5.73 Å². The van der Waals surface area contributed by atoms with Crippen molar-refractivity contribution in [1.29, 1.82) is 0 Å². The smallest absolute Gasteiger partial charge is 0.259 e. The first-order chi connectivity index (χ1) is 7.51. The van der Waals surface area contributed by atoms with Gasteiger partial charge in [-0.05, 0) is 26.8 Å². The van der Waals surface area contributed by atoms with Gasteiger partial charge in [0.05, 0.1) is 0 Å². The monoisotopic (exact) mass is 246 g/mol. The number of hydrogen-bond donors (Lipinski definition) is 2. The first kappa shape index (κ1) is 13.1. The molecule has 0 radical (unpaired) electrons. The van der Waals surface area contributed by atoms with Crippen molar-refractivity contribution in [3.63, 3.8) is 0 Å². The molecule has 1 rings (SSSR count). The second-order valence-electron chi connectivity index (χ2n) is 3.45. The minimum absolute atomic E-state index is 0.0730. The van der Waals surface area contributed by atoms with Crippen LogP contribution < -0.4 is 10.5 Å². The van der Waals surface area contributed by atoms with Gasteiger partial charge in [0.15, 0.2) is 5.03 Å². The average Bonchev–Trinajstić information content (AvgIpc) is 2.60. The van der Waals surface area contributed by atoms with E-state index in [4.69, 9.17) is 5.73 Å². The predicted molar refractivity (Wildman–Crippen MR) is 61.5 cm³/mol. The molecule has 1 aromatic rings. The van der Waals surface area contributed by atoms with Crippen molar-refractivity contribution < 1.29 is 8.42 Å². The Morgan fingerprint density at radius 1 is 1.56 bits per heavy atom. The van der Waals surface area contributed by atoms with E-state index >= 15 is 0 Å². The number of aryl methyl sites for hydroxylation is 2. The molecule has 0 saturated heterocycles. The van der Waals surface area contributed by atoms with Gasteiger partial charge in [-0.2, -0.15) is 0 Å². The molecule has 1 heterocycles. The highest BCUT2D eigenvalue weighted by Crippen LogP contribution is 2.08. The van der Waals surface area contributed by atoms with Gasteiger partial charge in [0.25, 0.3) is 10.0 Å². The molecule has 0 aliphatic heterocycles. The number of nitrogens with two attached hydrogens (primary N) is 1. The number of nitrogens with zero attached hydrogens (tertiary/aromatic N) is 2. The number of imidazole rings is 1. The second kappa shape index (κ2) is 5.42. The van der Waals surface area contributed by atoms with Gasteiger partial charge >= 0.3 is 0 Å². The van der Waals surface area contributed by atoms with Crippen LogP contribution in [0.4, 0.5) is 0 Å². The van der Waals surface area contributed by atoms with Gasteiger partial charge in [0.1, 0.15) is 5.82 Å². The quantitative estimate of drug-likeness (QED) is 0.682. The van der Waals surface area contributed by atoms with Crippen LogP contribution in [-0.4, -0.2) is 31.1 Å². The molecule has 0 bridgehead atoms. The average molecular weight is 246 g/mol. The maximum absolute atomic E-state index is 11.8. The Morgan fingerprint density at radius 2 is 2.25 bits per heavy atom. The predicted octanol–water partition coefficient (Wildman–Crippen LogP) is -0.161. The van der Waals surface area contributed by atoms with Gasteiger partial charge in [-0.15, -0.1) is 0 Å². The van der Waals surface area contributed by atoms with Crippen LogP contribution in [0.25, 0.3) is 0 Å². The normalized spacial score (nSPS) is 11.9. The molecule has 0 saturated carbocycles. The molecule has 0 unspecified atom stereocenters. The van der Waals surface area contributed by atoms with Gasteiger partial charge in [-0.25, -0.2) is 18.1 Å². The zero-order valence-corrected chi connectivity index (χ0v) is 10.4. The Kier molecular flexibility index (Phi) is 4.45. The summed E-state index contributed by atoms with van der Waals surface area (Å²) in [5, 5.41) is 0.0730. The van der Waals surface area contributed by atoms with E-state index in [1.165, 1.54) is 0 Å². The van der Waals surface area contributed by atoms with E-state index < -0.39 is 10.0 Å². The Hall–Kier alpha value is -0.920. The van der Waals surface area contributed by atoms with E-state index in [0.717, 1.165) is 0 Å². The molecule has 0 fully saturated rings. The van der Waals surface area contributed by atoms with Gasteiger partial charge in [-0.3, -0.25) is 0 Å². The van der Waals surface area contributed by atoms with Crippen molar-refractivity contribution >= 4 is 10.0 Å². The highest BCUT2D eigenvalue weighted by molar-refractivity contribution is 7.89. The van der Waals surface area contributed by atoms with Crippen LogP contribution in [0.2, 0.25) is 0 Å². The van der Waals surface area contributed by atoms with Crippen LogP contribution in [0, 0.1) is 6.92 Å². The number of hydrogen-bond acceptors (Lipinski definition) is 4. The van der Waals surface area contributed by atoms with E-state index in [1.54, 1.807) is 17.7 Å². The van der Waals surface area contributed by atoms with E-state index in [-0.39, 0.29) is 5.03 Å². The molecule has 16 heavy (non-hydrogen) atoms. The van der Waals surface area contributed by atoms with Crippen LogP contribution in [0.3, 0.4) is 0 Å². The lowest BCUT2D eigenvalue weighted by atomic mass is 10.4. The minimum Gasteiger partial charge on any atom is -0.334 e. The number of aromatic nitrogens is 2. The molecule has 0 amide bonds. The first-order valence-corrected chi connectivity index (χ1v) is 6.73. The Balaban J connectivity index is 2.81. The minimum atomic E-state index is -3.48. The van der Waals surface area contributed by atoms with Crippen molar-refractivity contribution in [2.75, 3.05) is 13.1 Å². The van der Waals surface area contributed by atoms with Crippen LogP contribution >= 0.6 is 0 Å². The second-order valence-corrected chi connectivity index (χ2v) is 5.17. The first-order valence-electron chi connectivity index (χ1n) is 5.24. The summed E-state index contributed by atoms with van der Waals surface area (Å²) in [6.07, 6.45) is 2.16. The van der Waals surface area contributed by atoms with Gasteiger partial charge in [0.2, 0.25) is 0 Å². The van der Waals surface area contributed by atoms with Crippen LogP contribution in [0.15, 0.2) is 11.2 Å². The fourth-order valence-electron chi connectivity index (χ4n) is 1.31. The molecule has 0 spiro atoms. The summed E-state index contributed by atoms with van der Waals surface area (Å²) in [6, 6.07) is 0. The standard InChI is InChI=1S/C9H18N4O2S/c1-3-13-7-9(12-8(13)2)16(14,15)11-6-4-5-10/h7,11H,3-6,10H2,1-2H3. The summed E-state index contributed by atoms with van der Waals surface area (Å²) < 4.78 is 27.8. The zero-order chi connectivity index (χ0) is 12.2. The molecule has 0 aromatic carbocycles. The lowest BCUT2D eigenvalue weighted by Gasteiger charge is -2.02. The van der Waals surface area contributed by atoms with Crippen molar-refractivity contribution in [3.05, 3.63) is 12.0 Å². The fourth-order valence-corrected chi connectivity index (χ4v) is 2.39. The van der Waals surface area contributed by atoms with Crippen molar-refractivity contribution in [3.8, 4) is 0 Å². The molecule has 3 N–H and O–H groups in total. The SMILES string of the molecule is CCn1cc(S(=O)(=O)NCCCN)nc1C. The summed E-state index contributed by atoms with van der Waals surface area (Å²) in [5.41, 5.74) is 5.29. The molecular formula is C9H18N4O2S. The number of rotatable bonds is 6. The largest absolute Gasteiger partial charge is 0.334 e. The molecule has 0 aliphatic rings. The summed E-state index contributed by atoms with van der Waals surface area (Å²) in [7, 11) is -3.48. The molecular weight excluding hydrogens is 228 g/mol. The molecule has 1 aromatic heterocycles. The zero-order valence-electron chi connectivity index (χ0n) is 9.60. The van der Waals surface area contributed by atoms with Crippen molar-refractivity contribution in [1.82, 2.24) is 14.3 Å². The fraction of sp³-hybridized carbons (Fsp3) is 0.667. The summed E-state index contributed by atoms with van der Waals surface area (Å²) in [4.78, 5) is 4.01. The lowest BCUT2D eigenvalue weighted by Crippen LogP contribution is -2.26. The molecule has 0 atom stereocenters. The third-order valence-electron chi connectivity index (χ3n) is 2.24. The van der Waals surface area contributed by atoms with Gasteiger partial charge in [0, 0.05) is 19.3 Å². The summed E-state index contributed by atoms with van der Waals surface area (Å²) in [5.74, 6) is 0.696. The molecule has 7 heteroatoms. The van der Waals surface area contributed by atoms with E-state index in [2.05, 4.69) is 9.71 Å². The molecule has 92 valence electrons. The van der Waals surface area contributed by atoms with Crippen LogP contribution in [0.1, 0.15) is 19.2 Å². The van der Waals surface area contributed by atoms with Gasteiger partial charge in [-0.1, -0.05) is 0 Å². The van der Waals surface area contributed by atoms with E-state index in [1.807, 2.05) is 6.92 Å². The maximum Gasteiger partial charge on any atom is 0.259 e. The highest BCUT2D eigenvalue weighted by atomic mass is 32.2. The summed E-state index contributed by atoms with van der Waals surface area (Å²) >= 11 is 0. The topological polar surface area (TPSA) is 90.0 Å². The maximum atomic E-state index is 11.8. The van der Waals surface area contributed by atoms with E-state index in [9.17, 15) is 8.42 Å².